The van der Waals surface area contributed by atoms with Crippen LogP contribution in [-0.2, 0) is 18.7 Å². The zero-order valence-electron chi connectivity index (χ0n) is 23.5. The minimum Gasteiger partial charge on any atom is -0.465 e. The molecule has 0 aromatic heterocycles. The van der Waals surface area contributed by atoms with Gasteiger partial charge in [-0.05, 0) is 54.9 Å². The molecule has 2 aromatic carbocycles. The number of hydrogen-bond acceptors (Lipinski definition) is 7. The van der Waals surface area contributed by atoms with Crippen molar-refractivity contribution < 1.29 is 28.4 Å². The molecule has 0 spiro atoms. The van der Waals surface area contributed by atoms with Gasteiger partial charge in [-0.25, -0.2) is 4.79 Å². The number of carbonyl (C=O) groups excluding carboxylic acids is 2. The van der Waals surface area contributed by atoms with Gasteiger partial charge in [0, 0.05) is 34.9 Å². The quantitative estimate of drug-likeness (QED) is 0.0595. The molecule has 0 radical (unpaired) electrons. The molecule has 2 rings (SSSR count). The Bertz CT molecular complexity index is 1310. The Balaban J connectivity index is 2.70. The van der Waals surface area contributed by atoms with Crippen molar-refractivity contribution in [3.63, 3.8) is 0 Å². The number of benzene rings is 2. The molecule has 0 aliphatic rings. The zero-order valence-corrected chi connectivity index (χ0v) is 27.6. The average molecular weight is 676 g/mol. The van der Waals surface area contributed by atoms with Gasteiger partial charge in [0.15, 0.2) is 8.32 Å². The van der Waals surface area contributed by atoms with Crippen molar-refractivity contribution in [3.05, 3.63) is 71.7 Å². The van der Waals surface area contributed by atoms with E-state index in [1.807, 2.05) is 0 Å². The van der Waals surface area contributed by atoms with E-state index in [9.17, 15) is 19.7 Å². The van der Waals surface area contributed by atoms with Gasteiger partial charge in [-0.3, -0.25) is 19.8 Å². The van der Waals surface area contributed by atoms with Gasteiger partial charge in [0.05, 0.1) is 33.9 Å². The van der Waals surface area contributed by atoms with Crippen LogP contribution in [0.1, 0.15) is 43.1 Å². The molecule has 0 aliphatic carbocycles. The second-order valence-electron chi connectivity index (χ2n) is 10.4. The maximum atomic E-state index is 14.1. The third kappa shape index (κ3) is 8.37. The van der Waals surface area contributed by atoms with Gasteiger partial charge in [0.1, 0.15) is 6.73 Å². The number of esters is 1. The summed E-state index contributed by atoms with van der Waals surface area (Å²) >= 11 is 15.9. The number of nitrogens with zero attached hydrogens (tertiary/aromatic N) is 2. The summed E-state index contributed by atoms with van der Waals surface area (Å²) in [6.07, 6.45) is 1.57. The van der Waals surface area contributed by atoms with E-state index >= 15 is 0 Å². The molecule has 0 heterocycles. The summed E-state index contributed by atoms with van der Waals surface area (Å²) in [5.41, 5.74) is 0.200. The number of anilines is 1. The summed E-state index contributed by atoms with van der Waals surface area (Å²) in [7, 11) is 0.401. The third-order valence-electron chi connectivity index (χ3n) is 6.64. The minimum atomic E-state index is -2.17. The second-order valence-corrected chi connectivity index (χ2v) is 17.0. The van der Waals surface area contributed by atoms with Crippen LogP contribution >= 0.6 is 39.1 Å². The van der Waals surface area contributed by atoms with Gasteiger partial charge < -0.3 is 13.9 Å². The Labute approximate surface area is 253 Å². The van der Waals surface area contributed by atoms with Crippen LogP contribution in [0.4, 0.5) is 11.4 Å². The van der Waals surface area contributed by atoms with Crippen molar-refractivity contribution in [2.75, 3.05) is 32.5 Å². The first-order valence-electron chi connectivity index (χ1n) is 12.2. The lowest BCUT2D eigenvalue weighted by Gasteiger charge is -2.36. The Morgan fingerprint density at radius 1 is 1.15 bits per heavy atom. The van der Waals surface area contributed by atoms with Crippen LogP contribution in [0.2, 0.25) is 28.2 Å². The van der Waals surface area contributed by atoms with Crippen LogP contribution in [0.3, 0.4) is 0 Å². The molecular formula is C27H33BrCl2N2O7Si. The molecule has 0 aliphatic heterocycles. The van der Waals surface area contributed by atoms with Gasteiger partial charge in [0.25, 0.3) is 11.6 Å². The SMILES string of the molecule is COCN(C(=O)/C(=C/c1ccc(Br)cc1[N+](=O)[O-])CCO[Si](C)(C)C(C)(C)C)c1c(Cl)cc(Cl)cc1C(=O)OC. The predicted octanol–water partition coefficient (Wildman–Crippen LogP) is 7.88. The van der Waals surface area contributed by atoms with E-state index in [0.717, 1.165) is 0 Å². The fraction of sp³-hybridized carbons (Fsp3) is 0.407. The topological polar surface area (TPSA) is 108 Å². The van der Waals surface area contributed by atoms with Gasteiger partial charge in [0.2, 0.25) is 0 Å². The molecule has 0 saturated heterocycles. The zero-order chi connectivity index (χ0) is 30.4. The van der Waals surface area contributed by atoms with Crippen LogP contribution in [0, 0.1) is 10.1 Å². The maximum Gasteiger partial charge on any atom is 0.340 e. The first-order valence-corrected chi connectivity index (χ1v) is 16.7. The van der Waals surface area contributed by atoms with Crippen molar-refractivity contribution >= 4 is 76.8 Å². The molecule has 0 N–H and O–H groups in total. The molecule has 0 saturated carbocycles. The maximum absolute atomic E-state index is 14.1. The van der Waals surface area contributed by atoms with E-state index in [2.05, 4.69) is 49.8 Å². The van der Waals surface area contributed by atoms with E-state index in [-0.39, 0.29) is 62.9 Å². The Morgan fingerprint density at radius 3 is 2.35 bits per heavy atom. The lowest BCUT2D eigenvalue weighted by Crippen LogP contribution is -2.41. The second kappa shape index (κ2) is 14.1. The fourth-order valence-electron chi connectivity index (χ4n) is 3.49. The lowest BCUT2D eigenvalue weighted by molar-refractivity contribution is -0.385. The van der Waals surface area contributed by atoms with E-state index in [4.69, 9.17) is 37.1 Å². The van der Waals surface area contributed by atoms with E-state index in [1.165, 1.54) is 43.4 Å². The van der Waals surface area contributed by atoms with E-state index in [0.29, 0.717) is 4.47 Å². The molecule has 40 heavy (non-hydrogen) atoms. The number of carbonyl (C=O) groups is 2. The van der Waals surface area contributed by atoms with Gasteiger partial charge in [-0.1, -0.05) is 59.9 Å². The molecule has 218 valence electrons. The van der Waals surface area contributed by atoms with Crippen LogP contribution in [0.5, 0.6) is 0 Å². The van der Waals surface area contributed by atoms with Crippen molar-refractivity contribution in [3.8, 4) is 0 Å². The van der Waals surface area contributed by atoms with Gasteiger partial charge in [-0.15, -0.1) is 0 Å². The van der Waals surface area contributed by atoms with Crippen molar-refractivity contribution in [1.29, 1.82) is 0 Å². The number of amides is 1. The predicted molar refractivity (Wildman–Crippen MR) is 164 cm³/mol. The first-order chi connectivity index (χ1) is 18.5. The van der Waals surface area contributed by atoms with E-state index in [1.54, 1.807) is 12.1 Å². The molecule has 0 unspecified atom stereocenters. The normalized spacial score (nSPS) is 12.3. The summed E-state index contributed by atoms with van der Waals surface area (Å²) in [5.74, 6) is -1.35. The average Bonchev–Trinajstić information content (AvgIpc) is 2.85. The lowest BCUT2D eigenvalue weighted by atomic mass is 10.0. The number of hydrogen-bond donors (Lipinski definition) is 0. The molecule has 2 aromatic rings. The van der Waals surface area contributed by atoms with Crippen LogP contribution in [0.15, 0.2) is 40.4 Å². The fourth-order valence-corrected chi connectivity index (χ4v) is 5.48. The monoisotopic (exact) mass is 674 g/mol. The van der Waals surface area contributed by atoms with Gasteiger partial charge in [-0.2, -0.15) is 0 Å². The van der Waals surface area contributed by atoms with Crippen LogP contribution in [0.25, 0.3) is 6.08 Å². The summed E-state index contributed by atoms with van der Waals surface area (Å²) in [4.78, 5) is 39.2. The Morgan fingerprint density at radius 2 is 1.80 bits per heavy atom. The highest BCUT2D eigenvalue weighted by molar-refractivity contribution is 9.10. The highest BCUT2D eigenvalue weighted by Gasteiger charge is 2.37. The van der Waals surface area contributed by atoms with Crippen LogP contribution < -0.4 is 4.90 Å². The van der Waals surface area contributed by atoms with E-state index < -0.39 is 25.1 Å². The molecule has 9 nitrogen and oxygen atoms in total. The largest absolute Gasteiger partial charge is 0.465 e. The molecule has 1 amide bonds. The summed E-state index contributed by atoms with van der Waals surface area (Å²) in [5, 5.41) is 11.9. The van der Waals surface area contributed by atoms with Gasteiger partial charge >= 0.3 is 5.97 Å². The highest BCUT2D eigenvalue weighted by atomic mass is 79.9. The number of methoxy groups -OCH3 is 2. The molecular weight excluding hydrogens is 643 g/mol. The molecule has 13 heteroatoms. The van der Waals surface area contributed by atoms with Crippen LogP contribution in [-0.4, -0.2) is 52.7 Å². The standard InChI is InChI=1S/C27H33BrCl2N2O7Si/c1-27(2,3)40(6,7)39-11-10-18(12-17-8-9-19(28)13-23(17)32(35)36)25(33)31(16-37-4)24-21(26(34)38-5)14-20(29)15-22(24)30/h8-9,12-15H,10-11,16H2,1-7H3/b18-12+. The Hall–Kier alpha value is -2.28. The summed E-state index contributed by atoms with van der Waals surface area (Å²) in [6.45, 7) is 10.4. The van der Waals surface area contributed by atoms with Crippen molar-refractivity contribution in [1.82, 2.24) is 0 Å². The summed E-state index contributed by atoms with van der Waals surface area (Å²) in [6, 6.07) is 7.28. The summed E-state index contributed by atoms with van der Waals surface area (Å²) < 4.78 is 17.0. The smallest absolute Gasteiger partial charge is 0.340 e. The number of rotatable bonds is 11. The molecule has 0 bridgehead atoms. The number of nitro groups is 1. The highest BCUT2D eigenvalue weighted by Crippen LogP contribution is 2.38. The molecule has 0 atom stereocenters. The Kier molecular flexibility index (Phi) is 11.9. The third-order valence-corrected chi connectivity index (χ3v) is 12.2. The minimum absolute atomic E-state index is 0.0183. The number of halogens is 3. The number of nitro benzene ring substituents is 1. The number of ether oxygens (including phenoxy) is 2. The van der Waals surface area contributed by atoms with Crippen molar-refractivity contribution in [2.24, 2.45) is 0 Å². The first kappa shape index (κ1) is 33.9. The molecule has 0 fully saturated rings. The van der Waals surface area contributed by atoms with Crippen molar-refractivity contribution in [2.45, 2.75) is 45.3 Å².